The Kier molecular flexibility index (Phi) is 6.01. The number of hydrogen-bond donors (Lipinski definition) is 3. The molecule has 0 aliphatic carbocycles. The van der Waals surface area contributed by atoms with Crippen molar-refractivity contribution in [2.75, 3.05) is 13.2 Å². The Labute approximate surface area is 210 Å². The first-order valence-corrected chi connectivity index (χ1v) is 11.9. The molecule has 10 nitrogen and oxygen atoms in total. The maximum atomic E-state index is 14.2. The molecule has 0 unspecified atom stereocenters. The summed E-state index contributed by atoms with van der Waals surface area (Å²) in [6, 6.07) is 3.25. The summed E-state index contributed by atoms with van der Waals surface area (Å²) in [5.74, 6) is -2.97. The van der Waals surface area contributed by atoms with Crippen LogP contribution < -0.4 is 10.7 Å². The van der Waals surface area contributed by atoms with Crippen molar-refractivity contribution in [3.63, 3.8) is 0 Å². The Bertz CT molecular complexity index is 1390. The minimum absolute atomic E-state index is 0.0110. The fraction of sp³-hybridized carbons (Fsp3) is 0.440. The molecule has 37 heavy (non-hydrogen) atoms. The Morgan fingerprint density at radius 1 is 1.35 bits per heavy atom. The molecule has 2 aromatic rings. The number of benzene rings is 1. The van der Waals surface area contributed by atoms with E-state index in [-0.39, 0.29) is 42.5 Å². The highest BCUT2D eigenvalue weighted by Crippen LogP contribution is 2.46. The van der Waals surface area contributed by atoms with E-state index in [4.69, 9.17) is 4.84 Å². The molecule has 2 bridgehead atoms. The molecule has 2 amide bonds. The molecular weight excluding hydrogens is 490 g/mol. The fourth-order valence-electron chi connectivity index (χ4n) is 5.37. The zero-order chi connectivity index (χ0) is 26.6. The van der Waals surface area contributed by atoms with Gasteiger partial charge in [-0.1, -0.05) is 17.3 Å². The number of nitrogens with zero attached hydrogens (tertiary/aromatic N) is 3. The number of fused-ring (bicyclic) bond motifs is 5. The summed E-state index contributed by atoms with van der Waals surface area (Å²) in [6.07, 6.45) is 0.249. The molecule has 4 atom stereocenters. The second-order valence-electron chi connectivity index (χ2n) is 9.78. The van der Waals surface area contributed by atoms with Crippen molar-refractivity contribution in [1.29, 1.82) is 0 Å². The van der Waals surface area contributed by atoms with Crippen LogP contribution in [0, 0.1) is 12.7 Å². The maximum Gasteiger partial charge on any atom is 0.274 e. The van der Waals surface area contributed by atoms with Crippen molar-refractivity contribution < 1.29 is 33.4 Å². The van der Waals surface area contributed by atoms with Crippen LogP contribution >= 0.6 is 0 Å². The van der Waals surface area contributed by atoms with E-state index in [1.165, 1.54) is 21.6 Å². The largest absolute Gasteiger partial charge is 0.503 e. The summed E-state index contributed by atoms with van der Waals surface area (Å²) in [5, 5.41) is 28.0. The van der Waals surface area contributed by atoms with Crippen LogP contribution in [0.3, 0.4) is 0 Å². The number of carbonyl (C=O) groups is 2. The van der Waals surface area contributed by atoms with Gasteiger partial charge < -0.3 is 29.8 Å². The number of aromatic hydroxyl groups is 1. The molecule has 196 valence electrons. The van der Waals surface area contributed by atoms with Crippen LogP contribution in [-0.2, 0) is 11.4 Å². The molecule has 3 aliphatic heterocycles. The van der Waals surface area contributed by atoms with E-state index in [1.807, 2.05) is 0 Å². The number of carbonyl (C=O) groups excluding carboxylic acids is 2. The van der Waals surface area contributed by atoms with Gasteiger partial charge in [0.05, 0.1) is 6.04 Å². The van der Waals surface area contributed by atoms with Gasteiger partial charge in [-0.25, -0.2) is 8.78 Å². The minimum atomic E-state index is -1.49. The quantitative estimate of drug-likeness (QED) is 0.565. The topological polar surface area (TPSA) is 133 Å². The average Bonchev–Trinajstić information content (AvgIpc) is 3.12. The Balaban J connectivity index is 1.57. The second kappa shape index (κ2) is 8.94. The lowest BCUT2D eigenvalue weighted by molar-refractivity contribution is -0.114. The second-order valence-corrected chi connectivity index (χ2v) is 9.78. The molecule has 4 heterocycles. The van der Waals surface area contributed by atoms with Crippen molar-refractivity contribution >= 4 is 17.5 Å². The van der Waals surface area contributed by atoms with Crippen molar-refractivity contribution in [2.45, 2.75) is 57.0 Å². The number of oxime groups is 1. The highest BCUT2D eigenvalue weighted by Gasteiger charge is 2.59. The zero-order valence-electron chi connectivity index (χ0n) is 20.2. The number of aliphatic hydroxyl groups excluding tert-OH is 1. The normalized spacial score (nSPS) is 26.4. The van der Waals surface area contributed by atoms with Crippen LogP contribution in [0.1, 0.15) is 57.8 Å². The van der Waals surface area contributed by atoms with Gasteiger partial charge in [0.25, 0.3) is 11.8 Å². The van der Waals surface area contributed by atoms with Crippen molar-refractivity contribution in [3.05, 3.63) is 62.8 Å². The van der Waals surface area contributed by atoms with Crippen molar-refractivity contribution in [1.82, 2.24) is 14.8 Å². The van der Waals surface area contributed by atoms with E-state index >= 15 is 0 Å². The number of pyridine rings is 1. The number of aromatic nitrogens is 1. The molecule has 1 saturated heterocycles. The maximum absolute atomic E-state index is 14.2. The SMILES string of the molecule is Cc1ccc(CNC(=O)c2cn3c(c(O)c2=O)C(=O)N2C[C@@H]3[C@@]3(CC[C@@H]2C)ON=C(CF)[C@@H]3O)c(F)c1. The third-order valence-electron chi connectivity index (χ3n) is 7.57. The van der Waals surface area contributed by atoms with Crippen LogP contribution in [0.15, 0.2) is 34.3 Å². The zero-order valence-corrected chi connectivity index (χ0v) is 20.2. The molecule has 1 spiro atoms. The van der Waals surface area contributed by atoms with Gasteiger partial charge in [0.2, 0.25) is 5.43 Å². The molecule has 3 N–H and O–H groups in total. The third kappa shape index (κ3) is 3.78. The van der Waals surface area contributed by atoms with Gasteiger partial charge in [-0.15, -0.1) is 0 Å². The van der Waals surface area contributed by atoms with Gasteiger partial charge in [0.15, 0.2) is 17.0 Å². The van der Waals surface area contributed by atoms with Gasteiger partial charge in [0.1, 0.15) is 29.9 Å². The number of rotatable bonds is 4. The molecule has 1 aromatic carbocycles. The Morgan fingerprint density at radius 2 is 2.11 bits per heavy atom. The average molecular weight is 517 g/mol. The molecular formula is C25H26F2N4O6. The molecule has 5 rings (SSSR count). The monoisotopic (exact) mass is 516 g/mol. The lowest BCUT2D eigenvalue weighted by atomic mass is 9.82. The number of aliphatic hydroxyl groups is 1. The number of amides is 2. The number of alkyl halides is 1. The summed E-state index contributed by atoms with van der Waals surface area (Å²) in [7, 11) is 0. The van der Waals surface area contributed by atoms with E-state index in [2.05, 4.69) is 10.5 Å². The first-order valence-electron chi connectivity index (χ1n) is 11.9. The first kappa shape index (κ1) is 24.9. The van der Waals surface area contributed by atoms with Crippen molar-refractivity contribution in [3.8, 4) is 5.75 Å². The van der Waals surface area contributed by atoms with E-state index in [1.54, 1.807) is 19.9 Å². The summed E-state index contributed by atoms with van der Waals surface area (Å²) < 4.78 is 29.0. The van der Waals surface area contributed by atoms with Gasteiger partial charge >= 0.3 is 0 Å². The minimum Gasteiger partial charge on any atom is -0.503 e. The molecule has 1 aromatic heterocycles. The molecule has 3 aliphatic rings. The summed E-state index contributed by atoms with van der Waals surface area (Å²) in [5.41, 5.74) is -2.71. The standard InChI is InChI=1S/C25H26F2N4O6/c1-12-3-4-14(16(27)7-12)9-28-23(35)15-10-31-18-11-30(24(36)19(31)21(33)20(15)32)13(2)5-6-25(18)22(34)17(8-26)29-37-25/h3-4,7,10,13,18,22,33-34H,5-6,8-9,11H2,1-2H3,(H,28,35)/t13-,18+,22-,25+/m0/s1. The number of hydrogen-bond acceptors (Lipinski definition) is 7. The number of nitrogens with one attached hydrogen (secondary N) is 1. The smallest absolute Gasteiger partial charge is 0.274 e. The molecule has 0 radical (unpaired) electrons. The van der Waals surface area contributed by atoms with E-state index < -0.39 is 58.8 Å². The molecule has 0 saturated carbocycles. The van der Waals surface area contributed by atoms with Gasteiger partial charge in [-0.2, -0.15) is 0 Å². The van der Waals surface area contributed by atoms with Crippen LogP contribution in [0.5, 0.6) is 5.75 Å². The predicted octanol–water partition coefficient (Wildman–Crippen LogP) is 1.57. The number of halogens is 2. The summed E-state index contributed by atoms with van der Waals surface area (Å²) in [6.45, 7) is 2.25. The highest BCUT2D eigenvalue weighted by molar-refractivity contribution is 5.99. The molecule has 12 heteroatoms. The highest BCUT2D eigenvalue weighted by atomic mass is 19.1. The van der Waals surface area contributed by atoms with Crippen LogP contribution in [-0.4, -0.2) is 68.2 Å². The van der Waals surface area contributed by atoms with Crippen LogP contribution in [0.2, 0.25) is 0 Å². The van der Waals surface area contributed by atoms with Crippen LogP contribution in [0.25, 0.3) is 0 Å². The van der Waals surface area contributed by atoms with E-state index in [9.17, 15) is 33.4 Å². The van der Waals surface area contributed by atoms with Gasteiger partial charge in [0, 0.05) is 30.9 Å². The van der Waals surface area contributed by atoms with Crippen LogP contribution in [0.4, 0.5) is 8.78 Å². The van der Waals surface area contributed by atoms with E-state index in [0.29, 0.717) is 12.0 Å². The fourth-order valence-corrected chi connectivity index (χ4v) is 5.37. The lowest BCUT2D eigenvalue weighted by Crippen LogP contribution is -2.56. The summed E-state index contributed by atoms with van der Waals surface area (Å²) in [4.78, 5) is 46.4. The third-order valence-corrected chi connectivity index (χ3v) is 7.57. The predicted molar refractivity (Wildman–Crippen MR) is 127 cm³/mol. The lowest BCUT2D eigenvalue weighted by Gasteiger charge is -2.43. The van der Waals surface area contributed by atoms with E-state index in [0.717, 1.165) is 6.20 Å². The molecule has 1 fully saturated rings. The number of aryl methyl sites for hydroxylation is 1. The van der Waals surface area contributed by atoms with Gasteiger partial charge in [-0.3, -0.25) is 14.4 Å². The Hall–Kier alpha value is -3.80. The Morgan fingerprint density at radius 3 is 2.78 bits per heavy atom. The van der Waals surface area contributed by atoms with Gasteiger partial charge in [-0.05, 0) is 38.3 Å². The summed E-state index contributed by atoms with van der Waals surface area (Å²) >= 11 is 0. The first-order chi connectivity index (χ1) is 17.6. The van der Waals surface area contributed by atoms with Crippen molar-refractivity contribution in [2.24, 2.45) is 5.16 Å².